The number of carboxylic acids is 1. The minimum absolute atomic E-state index is 0.0365. The number of ether oxygens (including phenoxy) is 1. The molecule has 1 aromatic heterocycles. The van der Waals surface area contributed by atoms with Crippen LogP contribution in [0, 0.1) is 9.72 Å². The molecule has 0 unspecified atom stereocenters. The molecule has 1 heterocycles. The average molecular weight is 1120 g/mol. The van der Waals surface area contributed by atoms with Gasteiger partial charge in [-0.15, -0.1) is 0 Å². The Labute approximate surface area is 336 Å². The van der Waals surface area contributed by atoms with Gasteiger partial charge >= 0.3 is 106 Å². The molecule has 12 nitrogen and oxygen atoms in total. The van der Waals surface area contributed by atoms with Crippen molar-refractivity contribution in [1.29, 1.82) is 0 Å². The third kappa shape index (κ3) is 14.0. The Morgan fingerprint density at radius 2 is 1.72 bits per heavy atom. The molecule has 0 aliphatic carbocycles. The molecule has 0 aliphatic heterocycles. The first-order valence-corrected chi connectivity index (χ1v) is 19.6. The first kappa shape index (κ1) is 43.9. The number of nitrogens with one attached hydrogen (secondary N) is 2. The Balaban J connectivity index is 0.000000508. The summed E-state index contributed by atoms with van der Waals surface area (Å²) in [7, 11) is 3.43. The zero-order chi connectivity index (χ0) is 37.4. The molecule has 16 heteroatoms. The molecule has 0 radical (unpaired) electrons. The van der Waals surface area contributed by atoms with E-state index in [4.69, 9.17) is 22.1 Å². The number of imidazole rings is 1. The van der Waals surface area contributed by atoms with Gasteiger partial charge in [-0.05, 0) is 76.4 Å². The fourth-order valence-corrected chi connectivity index (χ4v) is 5.60. The third-order valence-corrected chi connectivity index (χ3v) is 12.0. The van der Waals surface area contributed by atoms with Gasteiger partial charge < -0.3 is 31.1 Å². The number of amides is 3. The molecular formula is C34H45ClI2N6O6Pt. The number of unbranched alkanes of at least 4 members (excludes halogenated alkanes) is 1. The molecule has 3 amide bonds. The number of aryl methyl sites for hydroxylation is 1. The van der Waals surface area contributed by atoms with E-state index in [1.807, 2.05) is 19.9 Å². The van der Waals surface area contributed by atoms with E-state index in [2.05, 4.69) is 82.8 Å². The number of halogens is 3. The topological polar surface area (TPSA) is 161 Å². The van der Waals surface area contributed by atoms with Gasteiger partial charge in [0.25, 0.3) is 0 Å². The predicted octanol–water partition coefficient (Wildman–Crippen LogP) is 5.62. The van der Waals surface area contributed by atoms with Crippen LogP contribution < -0.4 is 16.4 Å². The van der Waals surface area contributed by atoms with Crippen molar-refractivity contribution in [3.05, 3.63) is 86.9 Å². The number of carbonyl (C=O) groups is 4. The normalized spacial score (nSPS) is 12.8. The van der Waals surface area contributed by atoms with Crippen molar-refractivity contribution in [3.63, 3.8) is 0 Å². The van der Waals surface area contributed by atoms with E-state index in [0.717, 1.165) is 11.4 Å². The van der Waals surface area contributed by atoms with Crippen molar-refractivity contribution >= 4 is 80.7 Å². The van der Waals surface area contributed by atoms with Gasteiger partial charge in [0.05, 0.1) is 6.04 Å². The second kappa shape index (κ2) is 21.9. The molecule has 3 aromatic rings. The Bertz CT molecular complexity index is 1620. The number of aliphatic carboxylic acids is 1. The van der Waals surface area contributed by atoms with E-state index in [0.29, 0.717) is 29.8 Å². The Morgan fingerprint density at radius 3 is 2.30 bits per heavy atom. The zero-order valence-corrected chi connectivity index (χ0v) is 35.7. The molecule has 0 saturated carbocycles. The summed E-state index contributed by atoms with van der Waals surface area (Å²) in [6.45, 7) is 5.02. The van der Waals surface area contributed by atoms with Crippen molar-refractivity contribution in [2.75, 3.05) is 13.6 Å². The predicted molar refractivity (Wildman–Crippen MR) is 206 cm³/mol. The van der Waals surface area contributed by atoms with Gasteiger partial charge in [-0.1, -0.05) is 50.1 Å². The fraction of sp³-hybridized carbons (Fsp3) is 0.441. The van der Waals surface area contributed by atoms with Gasteiger partial charge in [0.2, 0.25) is 13.4 Å². The molecule has 3 atom stereocenters. The van der Waals surface area contributed by atoms with Crippen LogP contribution in [0.3, 0.4) is 0 Å². The van der Waals surface area contributed by atoms with Crippen LogP contribution in [-0.2, 0) is 58.7 Å². The summed E-state index contributed by atoms with van der Waals surface area (Å²) in [5.74, 6) is -2.30. The number of alkyl carbamates (subject to hydrolysis) is 1. The van der Waals surface area contributed by atoms with Gasteiger partial charge in [0.15, 0.2) is 0 Å². The van der Waals surface area contributed by atoms with Crippen LogP contribution in [0.2, 0.25) is 5.02 Å². The molecule has 2 aromatic carbocycles. The summed E-state index contributed by atoms with van der Waals surface area (Å²) >= 11 is 11.7. The van der Waals surface area contributed by atoms with Crippen LogP contribution in [0.15, 0.2) is 67.0 Å². The quantitative estimate of drug-likeness (QED) is 0.0628. The molecule has 0 fully saturated rings. The zero-order valence-electron chi connectivity index (χ0n) is 28.4. The maximum atomic E-state index is 13.1. The van der Waals surface area contributed by atoms with Gasteiger partial charge in [0, 0.05) is 24.2 Å². The number of nitrogens with two attached hydrogens (primary N) is 1. The molecule has 5 N–H and O–H groups in total. The standard InChI is InChI=1S/C23H33ClI2N4O6.C11H12N2.Pt/c1-4-14(2)18(27)19(31)29-17(20(32)30(3)23(25,26)21(33)34)11-7-8-12-28-22(35)36-13-15-9-5-6-10-16(15)24;1-12-7-8-13(10-12)9-11-5-3-2-4-6-11;/h5-6,9-10,14,17-18H,4,7-8,11-13,27H2,1-3H3,(H,28,35)(H,29,31)(H,33,34);2-8H,9H2,1H3;/t14-,17+,18+;;/m1../s1. The van der Waals surface area contributed by atoms with Crippen LogP contribution in [0.25, 0.3) is 0 Å². The molecule has 50 heavy (non-hydrogen) atoms. The number of rotatable bonds is 16. The van der Waals surface area contributed by atoms with Gasteiger partial charge in [-0.2, -0.15) is 0 Å². The fourth-order valence-electron chi connectivity index (χ4n) is 4.42. The Morgan fingerprint density at radius 1 is 1.08 bits per heavy atom. The van der Waals surface area contributed by atoms with Gasteiger partial charge in [0.1, 0.15) is 12.6 Å². The second-order valence-electron chi connectivity index (χ2n) is 11.6. The van der Waals surface area contributed by atoms with E-state index in [1.165, 1.54) is 16.4 Å². The van der Waals surface area contributed by atoms with Gasteiger partial charge in [-0.3, -0.25) is 9.59 Å². The Hall–Kier alpha value is -2.27. The number of alkyl halides is 2. The van der Waals surface area contributed by atoms with E-state index in [9.17, 15) is 24.3 Å². The second-order valence-corrected chi connectivity index (χ2v) is 18.2. The summed E-state index contributed by atoms with van der Waals surface area (Å²) in [5, 5.41) is 15.3. The number of hydrogen-bond acceptors (Lipinski definition) is 6. The van der Waals surface area contributed by atoms with Crippen LogP contribution >= 0.6 is 56.8 Å². The summed E-state index contributed by atoms with van der Waals surface area (Å²) < 4.78 is 9.22. The van der Waals surface area contributed by atoms with Crippen molar-refractivity contribution in [2.45, 2.75) is 66.3 Å². The van der Waals surface area contributed by atoms with Crippen LogP contribution in [-0.4, -0.2) is 70.2 Å². The van der Waals surface area contributed by atoms with E-state index in [-0.39, 0.29) is 25.5 Å². The summed E-state index contributed by atoms with van der Waals surface area (Å²) in [5.41, 5.74) is 8.04. The molecule has 0 aliphatic rings. The summed E-state index contributed by atoms with van der Waals surface area (Å²) in [6, 6.07) is 15.8. The molecular weight excluding hydrogens is 1070 g/mol. The maximum absolute atomic E-state index is 13.1. The minimum atomic E-state index is -1.53. The van der Waals surface area contributed by atoms with Crippen molar-refractivity contribution in [2.24, 2.45) is 18.7 Å². The molecule has 3 rings (SSSR count). The number of nitrogens with zero attached hydrogens (tertiary/aromatic N) is 3. The number of benzene rings is 2. The molecule has 0 spiro atoms. The summed E-state index contributed by atoms with van der Waals surface area (Å²) in [6.07, 6.45) is 5.48. The first-order chi connectivity index (χ1) is 23.6. The number of aromatic nitrogens is 2. The SMILES string of the molecule is CC[C@@H](C)[C@H](N)C(=O)N[C@@H](CCCCNC(=O)OCc1ccccc1Cl)C(=O)N(C)C(I)(I)C(=O)O.Cn1ccn(Cc2ccccc2)[c]1=[Pt]. The van der Waals surface area contributed by atoms with E-state index in [1.54, 1.807) is 69.4 Å². The number of carboxylic acid groups (broad SMARTS) is 1. The summed E-state index contributed by atoms with van der Waals surface area (Å²) in [4.78, 5) is 50.4. The van der Waals surface area contributed by atoms with Crippen LogP contribution in [0.4, 0.5) is 4.79 Å². The first-order valence-electron chi connectivity index (χ1n) is 15.9. The van der Waals surface area contributed by atoms with Crippen LogP contribution in [0.5, 0.6) is 0 Å². The number of likely N-dealkylation sites (N-methyl/N-ethyl adjacent to an activating group) is 1. The van der Waals surface area contributed by atoms with Crippen LogP contribution in [0.1, 0.15) is 50.7 Å². The number of carbonyl (C=O) groups excluding carboxylic acids is 3. The molecule has 278 valence electrons. The molecule has 0 bridgehead atoms. The monoisotopic (exact) mass is 1120 g/mol. The average Bonchev–Trinajstić information content (AvgIpc) is 3.41. The van der Waals surface area contributed by atoms with E-state index < -0.39 is 37.5 Å². The Kier molecular flexibility index (Phi) is 19.3. The third-order valence-electron chi connectivity index (χ3n) is 7.84. The number of hydrogen-bond donors (Lipinski definition) is 4. The van der Waals surface area contributed by atoms with E-state index >= 15 is 0 Å². The molecule has 0 saturated heterocycles. The van der Waals surface area contributed by atoms with Crippen molar-refractivity contribution in [3.8, 4) is 0 Å². The van der Waals surface area contributed by atoms with Crippen molar-refractivity contribution < 1.29 is 48.4 Å². The van der Waals surface area contributed by atoms with Crippen molar-refractivity contribution in [1.82, 2.24) is 24.7 Å². The van der Waals surface area contributed by atoms with Gasteiger partial charge in [-0.25, -0.2) is 9.59 Å².